The van der Waals surface area contributed by atoms with Crippen molar-refractivity contribution < 1.29 is 0 Å². The zero-order valence-electron chi connectivity index (χ0n) is 20.6. The van der Waals surface area contributed by atoms with Gasteiger partial charge in [0.05, 0.1) is 0 Å². The molecule has 1 aromatic heterocycles. The number of aromatic amines is 1. The number of H-pyrrole nitrogens is 1. The Hall–Kier alpha value is -1.58. The van der Waals surface area contributed by atoms with Crippen LogP contribution in [0.2, 0.25) is 0 Å². The monoisotopic (exact) mass is 413 g/mol. The van der Waals surface area contributed by atoms with Crippen LogP contribution in [0.15, 0.2) is 48.7 Å². The lowest BCUT2D eigenvalue weighted by molar-refractivity contribution is 0.207. The third kappa shape index (κ3) is 12.2. The summed E-state index contributed by atoms with van der Waals surface area (Å²) in [5.41, 5.74) is 2.75. The Kier molecular flexibility index (Phi) is 13.5. The molecule has 3 heteroatoms. The molecule has 2 N–H and O–H groups in total. The van der Waals surface area contributed by atoms with Crippen molar-refractivity contribution >= 4 is 0 Å². The van der Waals surface area contributed by atoms with Crippen molar-refractivity contribution in [1.29, 1.82) is 0 Å². The molecule has 1 unspecified atom stereocenters. The number of nitrogens with one attached hydrogen (secondary N) is 2. The van der Waals surface area contributed by atoms with E-state index in [1.807, 2.05) is 6.20 Å². The lowest BCUT2D eigenvalue weighted by Gasteiger charge is -2.25. The molecule has 30 heavy (non-hydrogen) atoms. The average Bonchev–Trinajstić information content (AvgIpc) is 3.18. The Morgan fingerprint density at radius 2 is 1.63 bits per heavy atom. The summed E-state index contributed by atoms with van der Waals surface area (Å²) in [7, 11) is 0. The average molecular weight is 414 g/mol. The van der Waals surface area contributed by atoms with Gasteiger partial charge >= 0.3 is 0 Å². The van der Waals surface area contributed by atoms with Crippen molar-refractivity contribution in [3.05, 3.63) is 59.9 Å². The normalized spacial score (nSPS) is 12.5. The van der Waals surface area contributed by atoms with Gasteiger partial charge in [0.15, 0.2) is 0 Å². The first-order valence-corrected chi connectivity index (χ1v) is 12.0. The molecule has 0 amide bonds. The lowest BCUT2D eigenvalue weighted by Crippen LogP contribution is -2.37. The van der Waals surface area contributed by atoms with Gasteiger partial charge in [-0.25, -0.2) is 0 Å². The SMILES string of the molecule is CC(C)CC(Cc1ccccc1)NC(C)C.CCCCN(Cc1ccc[nH]1)C(C)C. The fourth-order valence-corrected chi connectivity index (χ4v) is 3.72. The minimum Gasteiger partial charge on any atom is -0.364 e. The van der Waals surface area contributed by atoms with Crippen LogP contribution in [0.1, 0.15) is 79.0 Å². The van der Waals surface area contributed by atoms with Gasteiger partial charge in [-0.05, 0) is 63.3 Å². The zero-order valence-corrected chi connectivity index (χ0v) is 20.6. The van der Waals surface area contributed by atoms with Gasteiger partial charge in [-0.15, -0.1) is 0 Å². The van der Waals surface area contributed by atoms with E-state index in [2.05, 4.69) is 106 Å². The zero-order chi connectivity index (χ0) is 22.4. The number of rotatable bonds is 12. The maximum Gasteiger partial charge on any atom is 0.0387 e. The molecule has 2 rings (SSSR count). The summed E-state index contributed by atoms with van der Waals surface area (Å²) < 4.78 is 0. The van der Waals surface area contributed by atoms with Gasteiger partial charge in [-0.2, -0.15) is 0 Å². The van der Waals surface area contributed by atoms with Gasteiger partial charge in [0, 0.05) is 36.6 Å². The summed E-state index contributed by atoms with van der Waals surface area (Å²) in [5.74, 6) is 0.750. The lowest BCUT2D eigenvalue weighted by atomic mass is 9.97. The highest BCUT2D eigenvalue weighted by Crippen LogP contribution is 2.12. The predicted molar refractivity (Wildman–Crippen MR) is 133 cm³/mol. The number of unbranched alkanes of at least 4 members (excludes halogenated alkanes) is 1. The molecule has 0 aliphatic carbocycles. The van der Waals surface area contributed by atoms with Crippen LogP contribution in [0.3, 0.4) is 0 Å². The van der Waals surface area contributed by atoms with Gasteiger partial charge in [-0.3, -0.25) is 4.90 Å². The van der Waals surface area contributed by atoms with E-state index in [9.17, 15) is 0 Å². The minimum absolute atomic E-state index is 0.562. The molecular formula is C27H47N3. The van der Waals surface area contributed by atoms with Crippen molar-refractivity contribution in [2.45, 2.75) is 98.8 Å². The molecule has 3 nitrogen and oxygen atoms in total. The number of hydrogen-bond donors (Lipinski definition) is 2. The second-order valence-corrected chi connectivity index (χ2v) is 9.45. The molecule has 0 bridgehead atoms. The van der Waals surface area contributed by atoms with Crippen LogP contribution >= 0.6 is 0 Å². The standard InChI is InChI=1S/C15H25N.C12H22N2/c1-12(2)10-15(16-13(3)4)11-14-8-6-5-7-9-14;1-4-5-9-14(11(2)3)10-12-7-6-8-13-12/h5-9,12-13,15-16H,10-11H2,1-4H3;6-8,11,13H,4-5,9-10H2,1-3H3. The fraction of sp³-hybridized carbons (Fsp3) is 0.630. The molecule has 1 heterocycles. The molecule has 0 aliphatic rings. The predicted octanol–water partition coefficient (Wildman–Crippen LogP) is 6.67. The van der Waals surface area contributed by atoms with Crippen molar-refractivity contribution in [2.24, 2.45) is 5.92 Å². The molecule has 0 spiro atoms. The molecule has 0 fully saturated rings. The largest absolute Gasteiger partial charge is 0.364 e. The Bertz CT molecular complexity index is 607. The second-order valence-electron chi connectivity index (χ2n) is 9.45. The summed E-state index contributed by atoms with van der Waals surface area (Å²) >= 11 is 0. The van der Waals surface area contributed by atoms with Crippen molar-refractivity contribution in [2.75, 3.05) is 6.54 Å². The second kappa shape index (κ2) is 15.3. The maximum absolute atomic E-state index is 3.66. The molecule has 0 radical (unpaired) electrons. The van der Waals surface area contributed by atoms with E-state index in [1.165, 1.54) is 37.1 Å². The smallest absolute Gasteiger partial charge is 0.0387 e. The molecule has 2 aromatic rings. The summed E-state index contributed by atoms with van der Waals surface area (Å²) in [6.45, 7) is 18.0. The van der Waals surface area contributed by atoms with Gasteiger partial charge in [0.1, 0.15) is 0 Å². The minimum atomic E-state index is 0.562. The Morgan fingerprint density at radius 1 is 0.933 bits per heavy atom. The van der Waals surface area contributed by atoms with Crippen molar-refractivity contribution in [3.8, 4) is 0 Å². The topological polar surface area (TPSA) is 31.1 Å². The van der Waals surface area contributed by atoms with Crippen LogP contribution in [-0.4, -0.2) is 34.6 Å². The van der Waals surface area contributed by atoms with Gasteiger partial charge in [-0.1, -0.05) is 71.4 Å². The third-order valence-electron chi connectivity index (χ3n) is 5.21. The molecule has 0 saturated carbocycles. The summed E-state index contributed by atoms with van der Waals surface area (Å²) in [6.07, 6.45) is 6.94. The Balaban J connectivity index is 0.000000303. The first-order chi connectivity index (χ1) is 14.3. The van der Waals surface area contributed by atoms with E-state index < -0.39 is 0 Å². The number of aromatic nitrogens is 1. The van der Waals surface area contributed by atoms with E-state index in [4.69, 9.17) is 0 Å². The third-order valence-corrected chi connectivity index (χ3v) is 5.21. The van der Waals surface area contributed by atoms with Crippen molar-refractivity contribution in [3.63, 3.8) is 0 Å². The van der Waals surface area contributed by atoms with Crippen LogP contribution in [-0.2, 0) is 13.0 Å². The Morgan fingerprint density at radius 3 is 2.13 bits per heavy atom. The summed E-state index contributed by atoms with van der Waals surface area (Å²) in [6, 6.07) is 16.8. The molecule has 170 valence electrons. The van der Waals surface area contributed by atoms with Crippen LogP contribution in [0.5, 0.6) is 0 Å². The first kappa shape index (κ1) is 26.5. The van der Waals surface area contributed by atoms with Gasteiger partial charge in [0.25, 0.3) is 0 Å². The van der Waals surface area contributed by atoms with E-state index >= 15 is 0 Å². The van der Waals surface area contributed by atoms with Crippen molar-refractivity contribution in [1.82, 2.24) is 15.2 Å². The first-order valence-electron chi connectivity index (χ1n) is 12.0. The van der Waals surface area contributed by atoms with E-state index in [1.54, 1.807) is 0 Å². The number of nitrogens with zero attached hydrogens (tertiary/aromatic N) is 1. The van der Waals surface area contributed by atoms with Gasteiger partial charge < -0.3 is 10.3 Å². The van der Waals surface area contributed by atoms with E-state index in [0.29, 0.717) is 18.1 Å². The van der Waals surface area contributed by atoms with Gasteiger partial charge in [0.2, 0.25) is 0 Å². The Labute approximate surface area is 186 Å². The summed E-state index contributed by atoms with van der Waals surface area (Å²) in [4.78, 5) is 5.77. The van der Waals surface area contributed by atoms with Crippen LogP contribution in [0.25, 0.3) is 0 Å². The highest BCUT2D eigenvalue weighted by atomic mass is 15.1. The quantitative estimate of drug-likeness (QED) is 0.407. The van der Waals surface area contributed by atoms with E-state index in [-0.39, 0.29) is 0 Å². The van der Waals surface area contributed by atoms with Crippen LogP contribution in [0, 0.1) is 5.92 Å². The summed E-state index contributed by atoms with van der Waals surface area (Å²) in [5, 5.41) is 3.66. The highest BCUT2D eigenvalue weighted by Gasteiger charge is 2.12. The fourth-order valence-electron chi connectivity index (χ4n) is 3.72. The van der Waals surface area contributed by atoms with E-state index in [0.717, 1.165) is 18.9 Å². The molecular weight excluding hydrogens is 366 g/mol. The van der Waals surface area contributed by atoms with Crippen LogP contribution < -0.4 is 5.32 Å². The van der Waals surface area contributed by atoms with Crippen LogP contribution in [0.4, 0.5) is 0 Å². The molecule has 1 atom stereocenters. The number of benzene rings is 1. The molecule has 1 aromatic carbocycles. The molecule has 0 saturated heterocycles. The highest BCUT2D eigenvalue weighted by molar-refractivity contribution is 5.16. The number of hydrogen-bond acceptors (Lipinski definition) is 2. The maximum atomic E-state index is 3.66. The molecule has 0 aliphatic heterocycles.